The zero-order valence-electron chi connectivity index (χ0n) is 13.2. The van der Waals surface area contributed by atoms with E-state index in [4.69, 9.17) is 9.52 Å². The Labute approximate surface area is 134 Å². The topological polar surface area (TPSA) is 78.5 Å². The molecule has 0 saturated heterocycles. The fourth-order valence-electron chi connectivity index (χ4n) is 2.40. The summed E-state index contributed by atoms with van der Waals surface area (Å²) in [5.74, 6) is 0.566. The van der Waals surface area contributed by atoms with Crippen LogP contribution in [0.1, 0.15) is 11.1 Å². The largest absolute Gasteiger partial charge is 0.436 e. The fraction of sp³-hybridized carbons (Fsp3) is 0.278. The first-order valence-corrected chi connectivity index (χ1v) is 7.58. The molecule has 0 aliphatic carbocycles. The van der Waals surface area contributed by atoms with Crippen LogP contribution < -0.4 is 5.32 Å². The number of anilines is 1. The maximum atomic E-state index is 9.47. The molecule has 23 heavy (non-hydrogen) atoms. The molecular formula is C18H20N2O3. The van der Waals surface area contributed by atoms with Crippen molar-refractivity contribution in [1.82, 2.24) is 4.98 Å². The SMILES string of the molecule is Cc1ccc2oc(-c3ccc(C)c(NCC(O)CO)c3)nc2c1. The van der Waals surface area contributed by atoms with Gasteiger partial charge in [0.1, 0.15) is 5.52 Å². The van der Waals surface area contributed by atoms with Crippen LogP contribution in [-0.2, 0) is 0 Å². The Morgan fingerprint density at radius 1 is 1.17 bits per heavy atom. The standard InChI is InChI=1S/C18H20N2O3/c1-11-3-6-17-16(7-11)20-18(23-17)13-5-4-12(2)15(8-13)19-9-14(22)10-21/h3-8,14,19,21-22H,9-10H2,1-2H3. The molecule has 1 heterocycles. The number of nitrogens with one attached hydrogen (secondary N) is 1. The summed E-state index contributed by atoms with van der Waals surface area (Å²) in [7, 11) is 0. The van der Waals surface area contributed by atoms with E-state index in [-0.39, 0.29) is 13.2 Å². The van der Waals surface area contributed by atoms with Crippen molar-refractivity contribution in [2.45, 2.75) is 20.0 Å². The van der Waals surface area contributed by atoms with Gasteiger partial charge in [-0.1, -0.05) is 12.1 Å². The number of rotatable bonds is 5. The van der Waals surface area contributed by atoms with Gasteiger partial charge in [-0.05, 0) is 49.2 Å². The van der Waals surface area contributed by atoms with Gasteiger partial charge in [0.05, 0.1) is 12.7 Å². The highest BCUT2D eigenvalue weighted by Gasteiger charge is 2.11. The molecule has 0 saturated carbocycles. The Morgan fingerprint density at radius 3 is 2.78 bits per heavy atom. The van der Waals surface area contributed by atoms with Gasteiger partial charge in [-0.3, -0.25) is 0 Å². The molecule has 0 radical (unpaired) electrons. The van der Waals surface area contributed by atoms with E-state index in [1.54, 1.807) is 0 Å². The van der Waals surface area contributed by atoms with Gasteiger partial charge < -0.3 is 19.9 Å². The van der Waals surface area contributed by atoms with Crippen molar-refractivity contribution in [2.75, 3.05) is 18.5 Å². The van der Waals surface area contributed by atoms with E-state index in [0.29, 0.717) is 5.89 Å². The van der Waals surface area contributed by atoms with Crippen LogP contribution in [0.25, 0.3) is 22.6 Å². The van der Waals surface area contributed by atoms with E-state index in [0.717, 1.165) is 33.5 Å². The lowest BCUT2D eigenvalue weighted by atomic mass is 10.1. The van der Waals surface area contributed by atoms with Crippen molar-refractivity contribution >= 4 is 16.8 Å². The minimum absolute atomic E-state index is 0.268. The molecular weight excluding hydrogens is 292 g/mol. The summed E-state index contributed by atoms with van der Waals surface area (Å²) in [5.41, 5.74) is 5.54. The van der Waals surface area contributed by atoms with E-state index >= 15 is 0 Å². The van der Waals surface area contributed by atoms with E-state index in [2.05, 4.69) is 10.3 Å². The highest BCUT2D eigenvalue weighted by molar-refractivity contribution is 5.77. The Hall–Kier alpha value is -2.37. The summed E-state index contributed by atoms with van der Waals surface area (Å²) >= 11 is 0. The van der Waals surface area contributed by atoms with Gasteiger partial charge in [-0.15, -0.1) is 0 Å². The summed E-state index contributed by atoms with van der Waals surface area (Å²) in [5, 5.41) is 21.5. The first-order valence-electron chi connectivity index (χ1n) is 7.58. The van der Waals surface area contributed by atoms with Crippen LogP contribution in [0.4, 0.5) is 5.69 Å². The van der Waals surface area contributed by atoms with Gasteiger partial charge in [0.25, 0.3) is 0 Å². The molecule has 1 unspecified atom stereocenters. The molecule has 0 bridgehead atoms. The van der Waals surface area contributed by atoms with Gasteiger partial charge in [-0.2, -0.15) is 0 Å². The molecule has 3 rings (SSSR count). The molecule has 0 amide bonds. The van der Waals surface area contributed by atoms with Crippen molar-refractivity contribution in [1.29, 1.82) is 0 Å². The molecule has 1 atom stereocenters. The Bertz CT molecular complexity index is 826. The van der Waals surface area contributed by atoms with Gasteiger partial charge in [0, 0.05) is 17.8 Å². The molecule has 0 fully saturated rings. The third kappa shape index (κ3) is 3.36. The van der Waals surface area contributed by atoms with Crippen LogP contribution >= 0.6 is 0 Å². The van der Waals surface area contributed by atoms with Crippen molar-refractivity contribution < 1.29 is 14.6 Å². The number of aromatic nitrogens is 1. The van der Waals surface area contributed by atoms with Gasteiger partial charge in [0.15, 0.2) is 5.58 Å². The van der Waals surface area contributed by atoms with Crippen molar-refractivity contribution in [3.63, 3.8) is 0 Å². The third-order valence-corrected chi connectivity index (χ3v) is 3.77. The molecule has 1 aromatic heterocycles. The number of aliphatic hydroxyl groups excluding tert-OH is 2. The number of hydrogen-bond acceptors (Lipinski definition) is 5. The summed E-state index contributed by atoms with van der Waals surface area (Å²) in [6, 6.07) is 11.8. The molecule has 3 aromatic rings. The zero-order chi connectivity index (χ0) is 16.4. The van der Waals surface area contributed by atoms with E-state index in [1.165, 1.54) is 0 Å². The quantitative estimate of drug-likeness (QED) is 0.675. The molecule has 0 aliphatic heterocycles. The number of oxazole rings is 1. The van der Waals surface area contributed by atoms with Crippen LogP contribution in [0.15, 0.2) is 40.8 Å². The lowest BCUT2D eigenvalue weighted by Crippen LogP contribution is -2.23. The normalized spacial score (nSPS) is 12.5. The first kappa shape index (κ1) is 15.5. The second kappa shape index (κ2) is 6.40. The summed E-state index contributed by atoms with van der Waals surface area (Å²) < 4.78 is 5.82. The first-order chi connectivity index (χ1) is 11.1. The predicted octanol–water partition coefficient (Wildman–Crippen LogP) is 2.88. The molecule has 5 heteroatoms. The van der Waals surface area contributed by atoms with Gasteiger partial charge in [0.2, 0.25) is 5.89 Å². The molecule has 120 valence electrons. The third-order valence-electron chi connectivity index (χ3n) is 3.77. The second-order valence-corrected chi connectivity index (χ2v) is 5.74. The summed E-state index contributed by atoms with van der Waals surface area (Å²) in [6.07, 6.45) is -0.787. The van der Waals surface area contributed by atoms with Crippen molar-refractivity contribution in [3.8, 4) is 11.5 Å². The number of aliphatic hydroxyl groups is 2. The summed E-state index contributed by atoms with van der Waals surface area (Å²) in [6.45, 7) is 4.02. The lowest BCUT2D eigenvalue weighted by Gasteiger charge is -2.13. The van der Waals surface area contributed by atoms with Crippen LogP contribution in [0.2, 0.25) is 0 Å². The Kier molecular flexibility index (Phi) is 4.32. The lowest BCUT2D eigenvalue weighted by molar-refractivity contribution is 0.105. The maximum absolute atomic E-state index is 9.47. The summed E-state index contributed by atoms with van der Waals surface area (Å²) in [4.78, 5) is 4.54. The fourth-order valence-corrected chi connectivity index (χ4v) is 2.40. The zero-order valence-corrected chi connectivity index (χ0v) is 13.2. The highest BCUT2D eigenvalue weighted by atomic mass is 16.3. The minimum Gasteiger partial charge on any atom is -0.436 e. The average Bonchev–Trinajstić information content (AvgIpc) is 2.96. The van der Waals surface area contributed by atoms with E-state index in [9.17, 15) is 5.11 Å². The molecule has 0 spiro atoms. The Balaban J connectivity index is 1.92. The number of benzene rings is 2. The number of hydrogen-bond donors (Lipinski definition) is 3. The van der Waals surface area contributed by atoms with Crippen LogP contribution in [0, 0.1) is 13.8 Å². The number of fused-ring (bicyclic) bond motifs is 1. The molecule has 0 aliphatic rings. The minimum atomic E-state index is -0.787. The molecule has 3 N–H and O–H groups in total. The molecule has 5 nitrogen and oxygen atoms in total. The Morgan fingerprint density at radius 2 is 2.00 bits per heavy atom. The van der Waals surface area contributed by atoms with Crippen LogP contribution in [0.5, 0.6) is 0 Å². The molecule has 2 aromatic carbocycles. The van der Waals surface area contributed by atoms with Gasteiger partial charge >= 0.3 is 0 Å². The average molecular weight is 312 g/mol. The van der Waals surface area contributed by atoms with E-state index < -0.39 is 6.10 Å². The maximum Gasteiger partial charge on any atom is 0.227 e. The smallest absolute Gasteiger partial charge is 0.227 e. The predicted molar refractivity (Wildman–Crippen MR) is 90.5 cm³/mol. The van der Waals surface area contributed by atoms with Gasteiger partial charge in [-0.25, -0.2) is 4.98 Å². The van der Waals surface area contributed by atoms with Crippen molar-refractivity contribution in [2.24, 2.45) is 0 Å². The number of aryl methyl sites for hydroxylation is 2. The second-order valence-electron chi connectivity index (χ2n) is 5.74. The van der Waals surface area contributed by atoms with Crippen molar-refractivity contribution in [3.05, 3.63) is 47.5 Å². The monoisotopic (exact) mass is 312 g/mol. The van der Waals surface area contributed by atoms with Crippen LogP contribution in [-0.4, -0.2) is 34.5 Å². The van der Waals surface area contributed by atoms with E-state index in [1.807, 2.05) is 50.2 Å². The number of nitrogens with zero attached hydrogens (tertiary/aromatic N) is 1. The van der Waals surface area contributed by atoms with Crippen LogP contribution in [0.3, 0.4) is 0 Å². The highest BCUT2D eigenvalue weighted by Crippen LogP contribution is 2.28.